The Hall–Kier alpha value is -1.18. The van der Waals surface area contributed by atoms with Crippen LogP contribution in [0.3, 0.4) is 0 Å². The van der Waals surface area contributed by atoms with Crippen molar-refractivity contribution in [2.45, 2.75) is 63.2 Å². The van der Waals surface area contributed by atoms with Gasteiger partial charge in [0.2, 0.25) is 5.91 Å². The first kappa shape index (κ1) is 18.2. The molecule has 0 aromatic heterocycles. The summed E-state index contributed by atoms with van der Waals surface area (Å²) in [7, 11) is 0. The van der Waals surface area contributed by atoms with Crippen molar-refractivity contribution in [3.63, 3.8) is 0 Å². The zero-order chi connectivity index (χ0) is 16.7. The summed E-state index contributed by atoms with van der Waals surface area (Å²) in [6.45, 7) is 2.68. The molecule has 23 heavy (non-hydrogen) atoms. The van der Waals surface area contributed by atoms with Gasteiger partial charge >= 0.3 is 5.97 Å². The fourth-order valence-electron chi connectivity index (χ4n) is 3.36. The molecule has 0 aromatic rings. The van der Waals surface area contributed by atoms with Crippen LogP contribution >= 0.6 is 0 Å². The maximum absolute atomic E-state index is 12.1. The van der Waals surface area contributed by atoms with Gasteiger partial charge in [-0.3, -0.25) is 9.59 Å². The summed E-state index contributed by atoms with van der Waals surface area (Å²) in [5.41, 5.74) is 0. The minimum absolute atomic E-state index is 0.0284. The number of amides is 1. The Morgan fingerprint density at radius 1 is 1.17 bits per heavy atom. The van der Waals surface area contributed by atoms with E-state index in [0.717, 1.165) is 19.6 Å². The second-order valence-electron chi connectivity index (χ2n) is 6.48. The number of aliphatic hydroxyl groups is 1. The van der Waals surface area contributed by atoms with Crippen LogP contribution in [0, 0.1) is 0 Å². The molecule has 132 valence electrons. The van der Waals surface area contributed by atoms with E-state index in [-0.39, 0.29) is 31.1 Å². The van der Waals surface area contributed by atoms with Crippen LogP contribution in [0.1, 0.15) is 44.9 Å². The van der Waals surface area contributed by atoms with Crippen molar-refractivity contribution < 1.29 is 24.5 Å². The standard InChI is InChI=1S/C16H28N2O5/c19-11-14-13(5-4-12(23-14)10-16(21)22)17-15(20)6-9-18-7-2-1-3-8-18/h12-14,19H,1-11H2,(H,17,20)(H,21,22)/t12-,13-,14+/m0/s1. The molecule has 2 rings (SSSR count). The lowest BCUT2D eigenvalue weighted by atomic mass is 9.97. The third-order valence-electron chi connectivity index (χ3n) is 4.65. The number of aliphatic hydroxyl groups excluding tert-OH is 1. The van der Waals surface area contributed by atoms with E-state index < -0.39 is 12.1 Å². The molecule has 2 heterocycles. The van der Waals surface area contributed by atoms with E-state index in [4.69, 9.17) is 9.84 Å². The number of carboxylic acid groups (broad SMARTS) is 1. The smallest absolute Gasteiger partial charge is 0.305 e. The number of carboxylic acids is 1. The summed E-state index contributed by atoms with van der Waals surface area (Å²) >= 11 is 0. The van der Waals surface area contributed by atoms with Crippen molar-refractivity contribution in [1.82, 2.24) is 10.2 Å². The van der Waals surface area contributed by atoms with Crippen LogP contribution in [-0.2, 0) is 14.3 Å². The summed E-state index contributed by atoms with van der Waals surface area (Å²) in [5, 5.41) is 21.2. The first-order chi connectivity index (χ1) is 11.1. The molecule has 7 nitrogen and oxygen atoms in total. The lowest BCUT2D eigenvalue weighted by Crippen LogP contribution is -2.51. The lowest BCUT2D eigenvalue weighted by Gasteiger charge is -2.35. The molecule has 3 atom stereocenters. The molecule has 0 aliphatic carbocycles. The topological polar surface area (TPSA) is 99.1 Å². The molecule has 0 radical (unpaired) electrons. The largest absolute Gasteiger partial charge is 0.481 e. The van der Waals surface area contributed by atoms with Crippen molar-refractivity contribution >= 4 is 11.9 Å². The van der Waals surface area contributed by atoms with Gasteiger partial charge in [0.1, 0.15) is 6.10 Å². The predicted octanol–water partition coefficient (Wildman–Crippen LogP) is 0.362. The number of carbonyl (C=O) groups is 2. The van der Waals surface area contributed by atoms with E-state index in [2.05, 4.69) is 10.2 Å². The molecule has 0 saturated carbocycles. The maximum Gasteiger partial charge on any atom is 0.305 e. The van der Waals surface area contributed by atoms with Gasteiger partial charge < -0.3 is 25.2 Å². The molecule has 2 aliphatic rings. The molecule has 0 aromatic carbocycles. The van der Waals surface area contributed by atoms with Crippen LogP contribution in [-0.4, -0.2) is 71.5 Å². The molecule has 0 spiro atoms. The highest BCUT2D eigenvalue weighted by molar-refractivity contribution is 5.76. The Bertz CT molecular complexity index is 398. The Kier molecular flexibility index (Phi) is 7.26. The number of nitrogens with zero attached hydrogens (tertiary/aromatic N) is 1. The van der Waals surface area contributed by atoms with Crippen LogP contribution in [0.4, 0.5) is 0 Å². The van der Waals surface area contributed by atoms with Crippen molar-refractivity contribution in [1.29, 1.82) is 0 Å². The van der Waals surface area contributed by atoms with Crippen LogP contribution in [0.25, 0.3) is 0 Å². The van der Waals surface area contributed by atoms with Crippen molar-refractivity contribution in [2.75, 3.05) is 26.2 Å². The van der Waals surface area contributed by atoms with Gasteiger partial charge in [0, 0.05) is 13.0 Å². The van der Waals surface area contributed by atoms with Gasteiger partial charge in [-0.2, -0.15) is 0 Å². The van der Waals surface area contributed by atoms with Gasteiger partial charge in [-0.1, -0.05) is 6.42 Å². The second kappa shape index (κ2) is 9.20. The Morgan fingerprint density at radius 3 is 2.57 bits per heavy atom. The summed E-state index contributed by atoms with van der Waals surface area (Å²) in [6, 6.07) is -0.237. The molecule has 2 aliphatic heterocycles. The van der Waals surface area contributed by atoms with Gasteiger partial charge in [0.05, 0.1) is 25.2 Å². The second-order valence-corrected chi connectivity index (χ2v) is 6.48. The number of hydrogen-bond acceptors (Lipinski definition) is 5. The van der Waals surface area contributed by atoms with Crippen LogP contribution in [0.5, 0.6) is 0 Å². The number of likely N-dealkylation sites (tertiary alicyclic amines) is 1. The zero-order valence-electron chi connectivity index (χ0n) is 13.6. The normalized spacial score (nSPS) is 29.2. The van der Waals surface area contributed by atoms with Gasteiger partial charge in [-0.25, -0.2) is 0 Å². The van der Waals surface area contributed by atoms with Gasteiger partial charge in [0.15, 0.2) is 0 Å². The lowest BCUT2D eigenvalue weighted by molar-refractivity contribution is -0.147. The van der Waals surface area contributed by atoms with Gasteiger partial charge in [-0.05, 0) is 38.8 Å². The highest BCUT2D eigenvalue weighted by Crippen LogP contribution is 2.22. The van der Waals surface area contributed by atoms with Crippen molar-refractivity contribution in [2.24, 2.45) is 0 Å². The minimum Gasteiger partial charge on any atom is -0.481 e. The monoisotopic (exact) mass is 328 g/mol. The van der Waals surface area contributed by atoms with E-state index in [9.17, 15) is 14.7 Å². The van der Waals surface area contributed by atoms with E-state index in [1.807, 2.05) is 0 Å². The summed E-state index contributed by atoms with van der Waals surface area (Å²) in [5.74, 6) is -0.935. The number of ether oxygens (including phenoxy) is 1. The highest BCUT2D eigenvalue weighted by atomic mass is 16.5. The molecule has 3 N–H and O–H groups in total. The molecule has 2 fully saturated rings. The SMILES string of the molecule is O=C(O)C[C@@H]1CC[C@H](NC(=O)CCN2CCCCC2)[C@@H](CO)O1. The van der Waals surface area contributed by atoms with Gasteiger partial charge in [0.25, 0.3) is 0 Å². The highest BCUT2D eigenvalue weighted by Gasteiger charge is 2.32. The molecule has 0 unspecified atom stereocenters. The first-order valence-electron chi connectivity index (χ1n) is 8.58. The summed E-state index contributed by atoms with van der Waals surface area (Å²) in [6.07, 6.45) is 4.39. The maximum atomic E-state index is 12.1. The van der Waals surface area contributed by atoms with Gasteiger partial charge in [-0.15, -0.1) is 0 Å². The number of piperidine rings is 1. The number of carbonyl (C=O) groups excluding carboxylic acids is 1. The number of nitrogens with one attached hydrogen (secondary N) is 1. The molecule has 7 heteroatoms. The predicted molar refractivity (Wildman–Crippen MR) is 84.1 cm³/mol. The number of aliphatic carboxylic acids is 1. The van der Waals surface area contributed by atoms with E-state index in [1.165, 1.54) is 19.3 Å². The van der Waals surface area contributed by atoms with Crippen LogP contribution < -0.4 is 5.32 Å². The van der Waals surface area contributed by atoms with E-state index in [0.29, 0.717) is 19.3 Å². The number of hydrogen-bond donors (Lipinski definition) is 3. The Morgan fingerprint density at radius 2 is 1.91 bits per heavy atom. The van der Waals surface area contributed by atoms with E-state index >= 15 is 0 Å². The fraction of sp³-hybridized carbons (Fsp3) is 0.875. The summed E-state index contributed by atoms with van der Waals surface area (Å²) < 4.78 is 5.60. The Labute approximate surface area is 137 Å². The quantitative estimate of drug-likeness (QED) is 0.624. The van der Waals surface area contributed by atoms with Crippen LogP contribution in [0.15, 0.2) is 0 Å². The molecular formula is C16H28N2O5. The Balaban J connectivity index is 1.72. The average molecular weight is 328 g/mol. The first-order valence-corrected chi connectivity index (χ1v) is 8.58. The van der Waals surface area contributed by atoms with Crippen molar-refractivity contribution in [3.05, 3.63) is 0 Å². The third-order valence-corrected chi connectivity index (χ3v) is 4.65. The van der Waals surface area contributed by atoms with E-state index in [1.54, 1.807) is 0 Å². The molecular weight excluding hydrogens is 300 g/mol. The average Bonchev–Trinajstić information content (AvgIpc) is 2.55. The molecule has 2 saturated heterocycles. The molecule has 0 bridgehead atoms. The van der Waals surface area contributed by atoms with Crippen molar-refractivity contribution in [3.8, 4) is 0 Å². The van der Waals surface area contributed by atoms with Crippen LogP contribution in [0.2, 0.25) is 0 Å². The minimum atomic E-state index is -0.907. The zero-order valence-corrected chi connectivity index (χ0v) is 13.6. The number of rotatable bonds is 7. The molecule has 1 amide bonds. The third kappa shape index (κ3) is 6.08. The summed E-state index contributed by atoms with van der Waals surface area (Å²) in [4.78, 5) is 25.2. The fourth-order valence-corrected chi connectivity index (χ4v) is 3.36.